The molecule has 2 aliphatic heterocycles. The van der Waals surface area contributed by atoms with E-state index in [4.69, 9.17) is 4.74 Å². The lowest BCUT2D eigenvalue weighted by Gasteiger charge is -2.34. The Morgan fingerprint density at radius 2 is 1.96 bits per heavy atom. The fourth-order valence-corrected chi connectivity index (χ4v) is 3.48. The van der Waals surface area contributed by atoms with Gasteiger partial charge in [0.15, 0.2) is 0 Å². The minimum Gasteiger partial charge on any atom is -0.483 e. The van der Waals surface area contributed by atoms with Crippen molar-refractivity contribution in [2.24, 2.45) is 5.10 Å². The van der Waals surface area contributed by atoms with Gasteiger partial charge in [0.2, 0.25) is 5.91 Å². The SMILES string of the molecule is CC1(C)C=C(N2N=CCCC2=O)c2cc(S(=O)(=O)C(F)(F)F)ccc2O1. The summed E-state index contributed by atoms with van der Waals surface area (Å²) in [6.45, 7) is 3.41. The first kappa shape index (κ1) is 18.4. The fraction of sp³-hybridized carbons (Fsp3) is 0.375. The van der Waals surface area contributed by atoms with Gasteiger partial charge in [0.1, 0.15) is 11.4 Å². The van der Waals surface area contributed by atoms with Crippen molar-refractivity contribution in [1.82, 2.24) is 5.01 Å². The van der Waals surface area contributed by atoms with Gasteiger partial charge in [0, 0.05) is 18.2 Å². The number of amides is 1. The predicted molar refractivity (Wildman–Crippen MR) is 86.9 cm³/mol. The maximum Gasteiger partial charge on any atom is 0.501 e. The molecule has 0 aromatic heterocycles. The largest absolute Gasteiger partial charge is 0.501 e. The van der Waals surface area contributed by atoms with Crippen LogP contribution in [0.5, 0.6) is 5.75 Å². The van der Waals surface area contributed by atoms with Crippen LogP contribution in [0.4, 0.5) is 13.2 Å². The van der Waals surface area contributed by atoms with E-state index in [0.29, 0.717) is 6.42 Å². The van der Waals surface area contributed by atoms with Gasteiger partial charge in [-0.05, 0) is 44.5 Å². The zero-order chi connectivity index (χ0) is 19.3. The molecule has 0 aliphatic carbocycles. The monoisotopic (exact) mass is 388 g/mol. The molecule has 6 nitrogen and oxygen atoms in total. The van der Waals surface area contributed by atoms with Crippen molar-refractivity contribution in [2.75, 3.05) is 0 Å². The first-order chi connectivity index (χ1) is 11.9. The van der Waals surface area contributed by atoms with Crippen molar-refractivity contribution < 1.29 is 31.1 Å². The van der Waals surface area contributed by atoms with E-state index >= 15 is 0 Å². The van der Waals surface area contributed by atoms with E-state index < -0.39 is 25.8 Å². The number of ether oxygens (including phenoxy) is 1. The lowest BCUT2D eigenvalue weighted by atomic mass is 9.98. The van der Waals surface area contributed by atoms with Crippen LogP contribution in [0, 0.1) is 0 Å². The van der Waals surface area contributed by atoms with Crippen LogP contribution in [-0.2, 0) is 14.6 Å². The highest BCUT2D eigenvalue weighted by atomic mass is 32.2. The third-order valence-corrected chi connectivity index (χ3v) is 5.33. The number of fused-ring (bicyclic) bond motifs is 1. The van der Waals surface area contributed by atoms with Crippen LogP contribution < -0.4 is 4.74 Å². The first-order valence-electron chi connectivity index (χ1n) is 7.65. The molecule has 0 atom stereocenters. The van der Waals surface area contributed by atoms with Gasteiger partial charge in [-0.3, -0.25) is 4.79 Å². The Morgan fingerprint density at radius 1 is 1.27 bits per heavy atom. The van der Waals surface area contributed by atoms with Gasteiger partial charge in [-0.15, -0.1) is 0 Å². The summed E-state index contributed by atoms with van der Waals surface area (Å²) in [4.78, 5) is 11.3. The smallest absolute Gasteiger partial charge is 0.483 e. The summed E-state index contributed by atoms with van der Waals surface area (Å²) in [5, 5.41) is 5.07. The van der Waals surface area contributed by atoms with E-state index in [1.807, 2.05) is 0 Å². The lowest BCUT2D eigenvalue weighted by molar-refractivity contribution is -0.128. The Hall–Kier alpha value is -2.36. The number of nitrogens with zero attached hydrogens (tertiary/aromatic N) is 2. The van der Waals surface area contributed by atoms with E-state index in [2.05, 4.69) is 5.10 Å². The highest BCUT2D eigenvalue weighted by Crippen LogP contribution is 2.41. The fourth-order valence-electron chi connectivity index (χ4n) is 2.69. The maximum absolute atomic E-state index is 12.9. The van der Waals surface area contributed by atoms with Gasteiger partial charge in [-0.25, -0.2) is 13.4 Å². The summed E-state index contributed by atoms with van der Waals surface area (Å²) in [5.41, 5.74) is -6.04. The van der Waals surface area contributed by atoms with E-state index in [0.717, 1.165) is 23.2 Å². The second-order valence-electron chi connectivity index (χ2n) is 6.38. The molecule has 2 heterocycles. The number of carbonyl (C=O) groups excluding carboxylic acids is 1. The zero-order valence-corrected chi connectivity index (χ0v) is 14.7. The van der Waals surface area contributed by atoms with Crippen LogP contribution in [-0.4, -0.2) is 36.7 Å². The zero-order valence-electron chi connectivity index (χ0n) is 13.9. The molecule has 26 heavy (non-hydrogen) atoms. The molecule has 0 N–H and O–H groups in total. The summed E-state index contributed by atoms with van der Waals surface area (Å²) >= 11 is 0. The highest BCUT2D eigenvalue weighted by Gasteiger charge is 2.47. The van der Waals surface area contributed by atoms with Crippen LogP contribution in [0.3, 0.4) is 0 Å². The predicted octanol–water partition coefficient (Wildman–Crippen LogP) is 3.10. The third-order valence-electron chi connectivity index (χ3n) is 3.85. The molecule has 0 spiro atoms. The topological polar surface area (TPSA) is 76.0 Å². The van der Waals surface area contributed by atoms with Crippen molar-refractivity contribution >= 4 is 27.7 Å². The normalized spacial score (nSPS) is 19.7. The molecule has 0 bridgehead atoms. The lowest BCUT2D eigenvalue weighted by Crippen LogP contribution is -2.35. The van der Waals surface area contributed by atoms with Gasteiger partial charge in [-0.1, -0.05) is 0 Å². The van der Waals surface area contributed by atoms with Crippen molar-refractivity contribution in [2.45, 2.75) is 42.7 Å². The number of rotatable bonds is 2. The second kappa shape index (κ2) is 5.83. The van der Waals surface area contributed by atoms with Crippen LogP contribution in [0.2, 0.25) is 0 Å². The number of alkyl halides is 3. The van der Waals surface area contributed by atoms with Gasteiger partial charge < -0.3 is 4.74 Å². The molecule has 0 saturated carbocycles. The number of hydrogen-bond acceptors (Lipinski definition) is 5. The van der Waals surface area contributed by atoms with Crippen molar-refractivity contribution in [1.29, 1.82) is 0 Å². The maximum atomic E-state index is 12.9. The molecule has 0 unspecified atom stereocenters. The number of carbonyl (C=O) groups is 1. The average Bonchev–Trinajstić information content (AvgIpc) is 2.52. The molecule has 3 rings (SSSR count). The molecule has 1 amide bonds. The van der Waals surface area contributed by atoms with Crippen molar-refractivity contribution in [3.63, 3.8) is 0 Å². The molecular weight excluding hydrogens is 373 g/mol. The molecule has 0 saturated heterocycles. The van der Waals surface area contributed by atoms with Gasteiger partial charge in [0.25, 0.3) is 9.84 Å². The number of benzene rings is 1. The Balaban J connectivity index is 2.18. The summed E-state index contributed by atoms with van der Waals surface area (Å²) in [6.07, 6.45) is 3.69. The van der Waals surface area contributed by atoms with E-state index in [9.17, 15) is 26.4 Å². The third kappa shape index (κ3) is 3.09. The number of hydrogen-bond donors (Lipinski definition) is 0. The van der Waals surface area contributed by atoms with Crippen LogP contribution in [0.1, 0.15) is 32.3 Å². The standard InChI is InChI=1S/C16H15F3N2O4S/c1-15(2)9-12(21-14(22)4-3-7-20-21)11-8-10(5-6-13(11)25-15)26(23,24)16(17,18)19/h5-9H,3-4H2,1-2H3. The summed E-state index contributed by atoms with van der Waals surface area (Å²) in [7, 11) is -5.53. The number of halogens is 3. The first-order valence-corrected chi connectivity index (χ1v) is 9.14. The molecule has 140 valence electrons. The minimum atomic E-state index is -5.53. The quantitative estimate of drug-likeness (QED) is 0.780. The van der Waals surface area contributed by atoms with Crippen molar-refractivity contribution in [3.8, 4) is 5.75 Å². The second-order valence-corrected chi connectivity index (χ2v) is 8.33. The van der Waals surface area contributed by atoms with Crippen LogP contribution in [0.15, 0.2) is 34.3 Å². The molecule has 0 radical (unpaired) electrons. The summed E-state index contributed by atoms with van der Waals surface area (Å²) in [5.74, 6) is -0.173. The van der Waals surface area contributed by atoms with E-state index in [1.54, 1.807) is 13.8 Å². The number of hydrazone groups is 1. The molecule has 2 aliphatic rings. The van der Waals surface area contributed by atoms with E-state index in [1.165, 1.54) is 12.3 Å². The van der Waals surface area contributed by atoms with Gasteiger partial charge >= 0.3 is 5.51 Å². The Kier molecular flexibility index (Phi) is 4.13. The Bertz CT molecular complexity index is 933. The van der Waals surface area contributed by atoms with E-state index in [-0.39, 0.29) is 29.3 Å². The molecule has 0 fully saturated rings. The summed E-state index contributed by atoms with van der Waals surface area (Å²) in [6, 6.07) is 2.85. The van der Waals surface area contributed by atoms with Gasteiger partial charge in [-0.2, -0.15) is 18.3 Å². The average molecular weight is 388 g/mol. The molecular formula is C16H15F3N2O4S. The van der Waals surface area contributed by atoms with Crippen molar-refractivity contribution in [3.05, 3.63) is 29.8 Å². The minimum absolute atomic E-state index is 0.0575. The molecule has 1 aromatic carbocycles. The summed E-state index contributed by atoms with van der Waals surface area (Å²) < 4.78 is 67.7. The van der Waals surface area contributed by atoms with Gasteiger partial charge in [0.05, 0.1) is 10.6 Å². The van der Waals surface area contributed by atoms with Crippen LogP contribution >= 0.6 is 0 Å². The molecule has 10 heteroatoms. The highest BCUT2D eigenvalue weighted by molar-refractivity contribution is 7.92. The Morgan fingerprint density at radius 3 is 2.58 bits per heavy atom. The van der Waals surface area contributed by atoms with Crippen LogP contribution in [0.25, 0.3) is 5.70 Å². The molecule has 1 aromatic rings. The Labute approximate surface area is 147 Å². The number of sulfone groups is 1.